The lowest BCUT2D eigenvalue weighted by atomic mass is 10.1. The first-order chi connectivity index (χ1) is 13.5. The number of aryl methyl sites for hydroxylation is 1. The molecule has 1 aromatic heterocycles. The Balaban J connectivity index is 2.00. The number of fused-ring (bicyclic) bond motifs is 1. The van der Waals surface area contributed by atoms with Crippen LogP contribution < -0.4 is 5.56 Å². The van der Waals surface area contributed by atoms with Gasteiger partial charge in [-0.15, -0.1) is 0 Å². The molecule has 0 saturated carbocycles. The third kappa shape index (κ3) is 3.37. The van der Waals surface area contributed by atoms with Gasteiger partial charge in [0.15, 0.2) is 0 Å². The van der Waals surface area contributed by atoms with Gasteiger partial charge in [-0.05, 0) is 55.0 Å². The molecule has 4 aromatic rings. The van der Waals surface area contributed by atoms with Crippen LogP contribution in [0, 0.1) is 6.92 Å². The van der Waals surface area contributed by atoms with Gasteiger partial charge in [0.05, 0.1) is 16.6 Å². The molecule has 5 heteroatoms. The average molecular weight is 433 g/mol. The molecule has 0 atom stereocenters. The lowest BCUT2D eigenvalue weighted by molar-refractivity contribution is 0.474. The van der Waals surface area contributed by atoms with Crippen LogP contribution in [0.1, 0.15) is 17.0 Å². The van der Waals surface area contributed by atoms with E-state index < -0.39 is 0 Å². The largest absolute Gasteiger partial charge is 0.507 e. The van der Waals surface area contributed by atoms with Crippen LogP contribution in [-0.2, 0) is 0 Å². The average Bonchev–Trinajstić information content (AvgIpc) is 2.69. The van der Waals surface area contributed by atoms with E-state index in [2.05, 4.69) is 15.9 Å². The third-order valence-electron chi connectivity index (χ3n) is 4.56. The fourth-order valence-corrected chi connectivity index (χ4v) is 3.49. The minimum Gasteiger partial charge on any atom is -0.507 e. The lowest BCUT2D eigenvalue weighted by Gasteiger charge is -2.14. The molecule has 0 unspecified atom stereocenters. The second kappa shape index (κ2) is 7.44. The molecule has 3 aromatic carbocycles. The number of phenolic OH excluding ortho intramolecular Hbond substituents is 1. The fraction of sp³-hybridized carbons (Fsp3) is 0.0435. The Labute approximate surface area is 170 Å². The van der Waals surface area contributed by atoms with E-state index in [9.17, 15) is 9.90 Å². The van der Waals surface area contributed by atoms with Crippen molar-refractivity contribution in [3.8, 4) is 11.4 Å². The number of rotatable bonds is 3. The van der Waals surface area contributed by atoms with Gasteiger partial charge in [0.1, 0.15) is 11.6 Å². The van der Waals surface area contributed by atoms with Gasteiger partial charge in [0.2, 0.25) is 0 Å². The summed E-state index contributed by atoms with van der Waals surface area (Å²) in [5, 5.41) is 10.6. The second-order valence-corrected chi connectivity index (χ2v) is 7.37. The van der Waals surface area contributed by atoms with Gasteiger partial charge in [-0.1, -0.05) is 52.3 Å². The summed E-state index contributed by atoms with van der Waals surface area (Å²) in [6.45, 7) is 1.96. The van der Waals surface area contributed by atoms with Crippen LogP contribution in [0.15, 0.2) is 76.0 Å². The van der Waals surface area contributed by atoms with E-state index in [-0.39, 0.29) is 11.3 Å². The monoisotopic (exact) mass is 432 g/mol. The zero-order valence-corrected chi connectivity index (χ0v) is 16.7. The standard InChI is InChI=1S/C23H17BrN2O2/c1-15-6-2-4-8-20(15)26-22(13-10-16-7-3-5-9-21(16)27)25-19-12-11-17(24)14-18(19)23(26)28/h2-14,27H,1H3/b13-10+. The van der Waals surface area contributed by atoms with Crippen molar-refractivity contribution in [3.63, 3.8) is 0 Å². The molecule has 0 radical (unpaired) electrons. The van der Waals surface area contributed by atoms with Gasteiger partial charge < -0.3 is 5.11 Å². The van der Waals surface area contributed by atoms with Crippen LogP contribution in [0.25, 0.3) is 28.7 Å². The zero-order valence-electron chi connectivity index (χ0n) is 15.1. The van der Waals surface area contributed by atoms with E-state index in [0.29, 0.717) is 22.3 Å². The van der Waals surface area contributed by atoms with E-state index in [1.54, 1.807) is 41.0 Å². The van der Waals surface area contributed by atoms with Crippen molar-refractivity contribution in [2.45, 2.75) is 6.92 Å². The molecule has 0 aliphatic heterocycles. The molecule has 0 amide bonds. The fourth-order valence-electron chi connectivity index (χ4n) is 3.13. The highest BCUT2D eigenvalue weighted by Gasteiger charge is 2.13. The number of hydrogen-bond donors (Lipinski definition) is 1. The highest BCUT2D eigenvalue weighted by atomic mass is 79.9. The maximum Gasteiger partial charge on any atom is 0.266 e. The normalized spacial score (nSPS) is 11.4. The number of para-hydroxylation sites is 2. The van der Waals surface area contributed by atoms with Crippen LogP contribution in [0.4, 0.5) is 0 Å². The van der Waals surface area contributed by atoms with Crippen molar-refractivity contribution >= 4 is 39.0 Å². The van der Waals surface area contributed by atoms with E-state index in [1.807, 2.05) is 49.4 Å². The summed E-state index contributed by atoms with van der Waals surface area (Å²) >= 11 is 3.43. The Morgan fingerprint density at radius 1 is 1.00 bits per heavy atom. The lowest BCUT2D eigenvalue weighted by Crippen LogP contribution is -2.23. The Morgan fingerprint density at radius 3 is 2.54 bits per heavy atom. The minimum atomic E-state index is -0.141. The Morgan fingerprint density at radius 2 is 1.75 bits per heavy atom. The smallest absolute Gasteiger partial charge is 0.266 e. The molecule has 138 valence electrons. The maximum atomic E-state index is 13.4. The molecule has 1 N–H and O–H groups in total. The molecule has 0 aliphatic rings. The molecule has 0 saturated heterocycles. The molecule has 0 aliphatic carbocycles. The topological polar surface area (TPSA) is 55.1 Å². The number of benzene rings is 3. The van der Waals surface area contributed by atoms with Crippen LogP contribution in [0.5, 0.6) is 5.75 Å². The molecule has 0 fully saturated rings. The summed E-state index contributed by atoms with van der Waals surface area (Å²) in [6, 6.07) is 20.2. The first-order valence-electron chi connectivity index (χ1n) is 8.79. The SMILES string of the molecule is Cc1ccccc1-n1c(/C=C/c2ccccc2O)nc2ccc(Br)cc2c1=O. The number of phenols is 1. The molecular weight excluding hydrogens is 416 g/mol. The summed E-state index contributed by atoms with van der Waals surface area (Å²) in [5.74, 6) is 0.672. The van der Waals surface area contributed by atoms with E-state index in [4.69, 9.17) is 4.98 Å². The third-order valence-corrected chi connectivity index (χ3v) is 5.05. The van der Waals surface area contributed by atoms with Crippen LogP contribution >= 0.6 is 15.9 Å². The van der Waals surface area contributed by atoms with E-state index >= 15 is 0 Å². The van der Waals surface area contributed by atoms with Gasteiger partial charge in [0, 0.05) is 10.0 Å². The number of hydrogen-bond acceptors (Lipinski definition) is 3. The molecule has 1 heterocycles. The first-order valence-corrected chi connectivity index (χ1v) is 9.58. The molecule has 4 rings (SSSR count). The highest BCUT2D eigenvalue weighted by Crippen LogP contribution is 2.22. The second-order valence-electron chi connectivity index (χ2n) is 6.45. The van der Waals surface area contributed by atoms with Gasteiger partial charge in [-0.3, -0.25) is 9.36 Å². The summed E-state index contributed by atoms with van der Waals surface area (Å²) in [7, 11) is 0. The predicted octanol–water partition coefficient (Wildman–Crippen LogP) is 5.33. The summed E-state index contributed by atoms with van der Waals surface area (Å²) in [5.41, 5.74) is 2.88. The molecule has 4 nitrogen and oxygen atoms in total. The van der Waals surface area contributed by atoms with Gasteiger partial charge >= 0.3 is 0 Å². The Kier molecular flexibility index (Phi) is 4.84. The predicted molar refractivity (Wildman–Crippen MR) is 117 cm³/mol. The van der Waals surface area contributed by atoms with Gasteiger partial charge in [-0.2, -0.15) is 0 Å². The molecular formula is C23H17BrN2O2. The van der Waals surface area contributed by atoms with Gasteiger partial charge in [-0.25, -0.2) is 4.98 Å². The zero-order chi connectivity index (χ0) is 19.7. The van der Waals surface area contributed by atoms with Crippen molar-refractivity contribution in [1.82, 2.24) is 9.55 Å². The quantitative estimate of drug-likeness (QED) is 0.475. The number of aromatic nitrogens is 2. The first kappa shape index (κ1) is 18.2. The van der Waals surface area contributed by atoms with Crippen molar-refractivity contribution < 1.29 is 5.11 Å². The minimum absolute atomic E-state index is 0.141. The molecule has 0 bridgehead atoms. The van der Waals surface area contributed by atoms with Crippen LogP contribution in [0.3, 0.4) is 0 Å². The van der Waals surface area contributed by atoms with Gasteiger partial charge in [0.25, 0.3) is 5.56 Å². The summed E-state index contributed by atoms with van der Waals surface area (Å²) in [4.78, 5) is 18.1. The van der Waals surface area contributed by atoms with Crippen molar-refractivity contribution in [1.29, 1.82) is 0 Å². The number of aromatic hydroxyl groups is 1. The van der Waals surface area contributed by atoms with E-state index in [0.717, 1.165) is 15.7 Å². The van der Waals surface area contributed by atoms with Crippen LogP contribution in [0.2, 0.25) is 0 Å². The number of halogens is 1. The number of nitrogens with zero attached hydrogens (tertiary/aromatic N) is 2. The summed E-state index contributed by atoms with van der Waals surface area (Å²) < 4.78 is 2.44. The maximum absolute atomic E-state index is 13.4. The van der Waals surface area contributed by atoms with E-state index in [1.165, 1.54) is 0 Å². The van der Waals surface area contributed by atoms with Crippen molar-refractivity contribution in [3.05, 3.63) is 98.5 Å². The van der Waals surface area contributed by atoms with Crippen molar-refractivity contribution in [2.75, 3.05) is 0 Å². The Hall–Kier alpha value is -3.18. The highest BCUT2D eigenvalue weighted by molar-refractivity contribution is 9.10. The summed E-state index contributed by atoms with van der Waals surface area (Å²) in [6.07, 6.45) is 3.51. The molecule has 28 heavy (non-hydrogen) atoms. The molecule has 0 spiro atoms. The van der Waals surface area contributed by atoms with Crippen molar-refractivity contribution in [2.24, 2.45) is 0 Å². The Bertz CT molecular complexity index is 1280. The van der Waals surface area contributed by atoms with Crippen LogP contribution in [-0.4, -0.2) is 14.7 Å².